The van der Waals surface area contributed by atoms with Crippen molar-refractivity contribution in [1.82, 2.24) is 0 Å². The maximum absolute atomic E-state index is 11.8. The van der Waals surface area contributed by atoms with E-state index in [2.05, 4.69) is 22.6 Å². The summed E-state index contributed by atoms with van der Waals surface area (Å²) in [5, 5.41) is 0. The number of hydrogen-bond donors (Lipinski definition) is 0. The van der Waals surface area contributed by atoms with Crippen LogP contribution in [0.25, 0.3) is 0 Å². The summed E-state index contributed by atoms with van der Waals surface area (Å²) in [5.74, 6) is 3.37. The van der Waals surface area contributed by atoms with Crippen LogP contribution in [0, 0.1) is 23.7 Å². The van der Waals surface area contributed by atoms with E-state index < -0.39 is 0 Å². The molecule has 0 radical (unpaired) electrons. The Labute approximate surface area is 86.4 Å². The molecule has 5 atom stereocenters. The van der Waals surface area contributed by atoms with Gasteiger partial charge in [-0.05, 0) is 37.5 Å². The molecule has 66 valence electrons. The predicted octanol–water partition coefficient (Wildman–Crippen LogP) is 2.43. The molecule has 4 rings (SSSR count). The number of Topliss-reactive ketones (excluding diaryl/α,β-unsaturated/α-hetero) is 1. The van der Waals surface area contributed by atoms with E-state index in [9.17, 15) is 4.79 Å². The Morgan fingerprint density at radius 2 is 2.00 bits per heavy atom. The van der Waals surface area contributed by atoms with Crippen molar-refractivity contribution in [2.75, 3.05) is 0 Å². The number of ketones is 1. The third-order valence-electron chi connectivity index (χ3n) is 4.03. The molecule has 0 heterocycles. The van der Waals surface area contributed by atoms with E-state index in [1.807, 2.05) is 0 Å². The average molecular weight is 276 g/mol. The SMILES string of the molecule is O=C1C2CC3CC(C2)[C@H](I)C1C3. The van der Waals surface area contributed by atoms with Crippen LogP contribution >= 0.6 is 22.6 Å². The van der Waals surface area contributed by atoms with Crippen molar-refractivity contribution in [2.24, 2.45) is 23.7 Å². The van der Waals surface area contributed by atoms with Gasteiger partial charge in [0.2, 0.25) is 0 Å². The van der Waals surface area contributed by atoms with Crippen molar-refractivity contribution in [1.29, 1.82) is 0 Å². The molecule has 2 heteroatoms. The maximum atomic E-state index is 11.8. The van der Waals surface area contributed by atoms with Crippen molar-refractivity contribution in [3.05, 3.63) is 0 Å². The first kappa shape index (κ1) is 7.77. The maximum Gasteiger partial charge on any atom is 0.140 e. The monoisotopic (exact) mass is 276 g/mol. The lowest BCUT2D eigenvalue weighted by molar-refractivity contribution is -0.138. The number of halogens is 1. The molecule has 4 aliphatic carbocycles. The molecular formula is C10H13IO. The van der Waals surface area contributed by atoms with Gasteiger partial charge in [0.1, 0.15) is 5.78 Å². The zero-order valence-corrected chi connectivity index (χ0v) is 9.16. The van der Waals surface area contributed by atoms with E-state index in [0.29, 0.717) is 21.5 Å². The highest BCUT2D eigenvalue weighted by Gasteiger charge is 2.52. The topological polar surface area (TPSA) is 17.1 Å². The lowest BCUT2D eigenvalue weighted by Gasteiger charge is -2.51. The first-order valence-corrected chi connectivity index (χ1v) is 6.18. The highest BCUT2D eigenvalue weighted by Crippen LogP contribution is 2.54. The van der Waals surface area contributed by atoms with Gasteiger partial charge in [0.05, 0.1) is 0 Å². The van der Waals surface area contributed by atoms with Gasteiger partial charge in [0, 0.05) is 15.8 Å². The summed E-state index contributed by atoms with van der Waals surface area (Å²) < 4.78 is 0.683. The van der Waals surface area contributed by atoms with Crippen LogP contribution in [0.4, 0.5) is 0 Å². The van der Waals surface area contributed by atoms with E-state index in [1.54, 1.807) is 0 Å². The van der Waals surface area contributed by atoms with E-state index in [-0.39, 0.29) is 0 Å². The van der Waals surface area contributed by atoms with E-state index in [0.717, 1.165) is 11.8 Å². The van der Waals surface area contributed by atoms with E-state index in [4.69, 9.17) is 0 Å². The predicted molar refractivity (Wildman–Crippen MR) is 55.2 cm³/mol. The molecule has 0 saturated heterocycles. The molecule has 0 N–H and O–H groups in total. The van der Waals surface area contributed by atoms with Crippen molar-refractivity contribution in [3.8, 4) is 0 Å². The fraction of sp³-hybridized carbons (Fsp3) is 0.900. The molecule has 0 amide bonds. The van der Waals surface area contributed by atoms with Gasteiger partial charge in [-0.15, -0.1) is 0 Å². The zero-order valence-electron chi connectivity index (χ0n) is 7.00. The quantitative estimate of drug-likeness (QED) is 0.490. The van der Waals surface area contributed by atoms with Gasteiger partial charge in [-0.3, -0.25) is 4.79 Å². The first-order chi connectivity index (χ1) is 5.75. The minimum Gasteiger partial charge on any atom is -0.299 e. The van der Waals surface area contributed by atoms with Gasteiger partial charge in [0.25, 0.3) is 0 Å². The van der Waals surface area contributed by atoms with Crippen molar-refractivity contribution < 1.29 is 4.79 Å². The smallest absolute Gasteiger partial charge is 0.140 e. The Morgan fingerprint density at radius 3 is 2.83 bits per heavy atom. The van der Waals surface area contributed by atoms with Crippen LogP contribution < -0.4 is 0 Å². The zero-order chi connectivity index (χ0) is 8.29. The largest absolute Gasteiger partial charge is 0.299 e. The standard InChI is InChI=1S/C10H13IO/c11-9-6-1-5-2-7(4-6)10(12)8(9)3-5/h5-9H,1-4H2/t5?,6?,7?,8?,9-/m0/s1. The fourth-order valence-electron chi connectivity index (χ4n) is 3.56. The van der Waals surface area contributed by atoms with Crippen molar-refractivity contribution in [2.45, 2.75) is 29.6 Å². The van der Waals surface area contributed by atoms with Gasteiger partial charge in [-0.25, -0.2) is 0 Å². The normalized spacial score (nSPS) is 56.4. The number of alkyl halides is 1. The van der Waals surface area contributed by atoms with E-state index >= 15 is 0 Å². The van der Waals surface area contributed by atoms with Crippen LogP contribution in [0.3, 0.4) is 0 Å². The van der Waals surface area contributed by atoms with Crippen LogP contribution in [-0.4, -0.2) is 9.71 Å². The first-order valence-electron chi connectivity index (χ1n) is 4.93. The van der Waals surface area contributed by atoms with Gasteiger partial charge in [-0.1, -0.05) is 22.6 Å². The Morgan fingerprint density at radius 1 is 1.17 bits per heavy atom. The van der Waals surface area contributed by atoms with Crippen LogP contribution in [0.1, 0.15) is 25.7 Å². The number of hydrogen-bond acceptors (Lipinski definition) is 1. The second kappa shape index (κ2) is 2.46. The lowest BCUT2D eigenvalue weighted by Crippen LogP contribution is -2.51. The summed E-state index contributed by atoms with van der Waals surface area (Å²) in [6.07, 6.45) is 5.10. The van der Waals surface area contributed by atoms with Crippen LogP contribution in [0.5, 0.6) is 0 Å². The second-order valence-electron chi connectivity index (χ2n) is 4.72. The molecule has 0 aromatic heterocycles. The molecule has 4 aliphatic rings. The Kier molecular flexibility index (Phi) is 1.59. The highest BCUT2D eigenvalue weighted by molar-refractivity contribution is 14.1. The number of carbonyl (C=O) groups is 1. The van der Waals surface area contributed by atoms with Gasteiger partial charge < -0.3 is 0 Å². The molecule has 4 bridgehead atoms. The van der Waals surface area contributed by atoms with Gasteiger partial charge in [-0.2, -0.15) is 0 Å². The minimum absolute atomic E-state index is 0.460. The Balaban J connectivity index is 1.98. The molecule has 0 aliphatic heterocycles. The molecule has 0 aromatic rings. The summed E-state index contributed by atoms with van der Waals surface area (Å²) in [6.45, 7) is 0. The molecule has 0 aromatic carbocycles. The molecule has 1 nitrogen and oxygen atoms in total. The third kappa shape index (κ3) is 0.875. The Bertz CT molecular complexity index is 238. The summed E-state index contributed by atoms with van der Waals surface area (Å²) in [5.41, 5.74) is 0. The molecule has 12 heavy (non-hydrogen) atoms. The van der Waals surface area contributed by atoms with Crippen LogP contribution in [0.15, 0.2) is 0 Å². The van der Waals surface area contributed by atoms with Crippen LogP contribution in [0.2, 0.25) is 0 Å². The Hall–Kier alpha value is 0.400. The summed E-state index contributed by atoms with van der Waals surface area (Å²) in [7, 11) is 0. The van der Waals surface area contributed by atoms with Gasteiger partial charge in [0.15, 0.2) is 0 Å². The van der Waals surface area contributed by atoms with Crippen molar-refractivity contribution in [3.63, 3.8) is 0 Å². The van der Waals surface area contributed by atoms with Crippen LogP contribution in [-0.2, 0) is 4.79 Å². The number of carbonyl (C=O) groups excluding carboxylic acids is 1. The second-order valence-corrected chi connectivity index (χ2v) is 6.16. The summed E-state index contributed by atoms with van der Waals surface area (Å²) in [6, 6.07) is 0. The summed E-state index contributed by atoms with van der Waals surface area (Å²) in [4.78, 5) is 11.8. The summed E-state index contributed by atoms with van der Waals surface area (Å²) >= 11 is 2.52. The molecule has 4 saturated carbocycles. The van der Waals surface area contributed by atoms with Crippen molar-refractivity contribution >= 4 is 28.4 Å². The fourth-order valence-corrected chi connectivity index (χ4v) is 4.80. The molecular weight excluding hydrogens is 263 g/mol. The number of rotatable bonds is 0. The minimum atomic E-state index is 0.460. The lowest BCUT2D eigenvalue weighted by atomic mass is 9.56. The highest BCUT2D eigenvalue weighted by atomic mass is 127. The molecule has 4 unspecified atom stereocenters. The molecule has 0 spiro atoms. The van der Waals surface area contributed by atoms with Gasteiger partial charge >= 0.3 is 0 Å². The van der Waals surface area contributed by atoms with E-state index in [1.165, 1.54) is 25.7 Å². The average Bonchev–Trinajstić information content (AvgIpc) is 2.07. The molecule has 4 fully saturated rings. The third-order valence-corrected chi connectivity index (χ3v) is 5.92.